The Morgan fingerprint density at radius 3 is 1.78 bits per heavy atom. The second-order valence-corrected chi connectivity index (χ2v) is 9.98. The molecule has 7 aromatic rings. The lowest BCUT2D eigenvalue weighted by atomic mass is 10.0. The average Bonchev–Trinajstić information content (AvgIpc) is 3.37. The van der Waals surface area contributed by atoms with Crippen molar-refractivity contribution < 1.29 is 0 Å². The summed E-state index contributed by atoms with van der Waals surface area (Å²) in [6.45, 7) is 0. The second-order valence-electron chi connectivity index (χ2n) is 8.90. The number of benzene rings is 5. The third kappa shape index (κ3) is 3.98. The van der Waals surface area contributed by atoms with E-state index in [9.17, 15) is 0 Å². The Labute approximate surface area is 218 Å². The van der Waals surface area contributed by atoms with Crippen LogP contribution in [0.25, 0.3) is 65.5 Å². The van der Waals surface area contributed by atoms with Crippen LogP contribution in [-0.4, -0.2) is 15.0 Å². The van der Waals surface area contributed by atoms with Gasteiger partial charge in [-0.3, -0.25) is 0 Å². The Bertz CT molecular complexity index is 1880. The van der Waals surface area contributed by atoms with Gasteiger partial charge in [-0.25, -0.2) is 15.0 Å². The highest BCUT2D eigenvalue weighted by atomic mass is 32.1. The first-order valence-corrected chi connectivity index (χ1v) is 13.0. The summed E-state index contributed by atoms with van der Waals surface area (Å²) in [6.07, 6.45) is 0. The van der Waals surface area contributed by atoms with Crippen LogP contribution in [0.15, 0.2) is 127 Å². The number of hydrogen-bond acceptors (Lipinski definition) is 4. The molecule has 2 aromatic heterocycles. The van der Waals surface area contributed by atoms with Gasteiger partial charge in [-0.15, -0.1) is 11.3 Å². The van der Waals surface area contributed by atoms with E-state index in [1.165, 1.54) is 20.2 Å². The maximum atomic E-state index is 5.05. The highest BCUT2D eigenvalue weighted by Gasteiger charge is 2.17. The molecule has 4 heteroatoms. The lowest BCUT2D eigenvalue weighted by Gasteiger charge is -2.10. The molecule has 0 bridgehead atoms. The molecule has 0 atom stereocenters. The zero-order valence-electron chi connectivity index (χ0n) is 19.9. The number of nitrogens with zero attached hydrogens (tertiary/aromatic N) is 3. The van der Waals surface area contributed by atoms with Crippen molar-refractivity contribution >= 4 is 31.5 Å². The van der Waals surface area contributed by atoms with E-state index in [1.807, 2.05) is 36.4 Å². The first-order chi connectivity index (χ1) is 18.3. The zero-order valence-corrected chi connectivity index (χ0v) is 20.7. The van der Waals surface area contributed by atoms with Gasteiger partial charge < -0.3 is 0 Å². The molecule has 0 saturated carbocycles. The molecule has 0 aliphatic carbocycles. The Morgan fingerprint density at radius 1 is 0.405 bits per heavy atom. The average molecular weight is 492 g/mol. The fourth-order valence-corrected chi connectivity index (χ4v) is 5.90. The summed E-state index contributed by atoms with van der Waals surface area (Å²) in [7, 11) is 0. The summed E-state index contributed by atoms with van der Waals surface area (Å²) >= 11 is 1.80. The third-order valence-corrected chi connectivity index (χ3v) is 7.67. The van der Waals surface area contributed by atoms with Crippen molar-refractivity contribution in [1.29, 1.82) is 0 Å². The van der Waals surface area contributed by atoms with Crippen LogP contribution in [0, 0.1) is 0 Å². The van der Waals surface area contributed by atoms with Crippen molar-refractivity contribution in [2.45, 2.75) is 0 Å². The lowest BCUT2D eigenvalue weighted by molar-refractivity contribution is 1.08. The van der Waals surface area contributed by atoms with Gasteiger partial charge in [0.1, 0.15) is 0 Å². The minimum Gasteiger partial charge on any atom is -0.208 e. The summed E-state index contributed by atoms with van der Waals surface area (Å²) in [5, 5.41) is 2.42. The normalized spacial score (nSPS) is 11.2. The zero-order chi connectivity index (χ0) is 24.6. The van der Waals surface area contributed by atoms with E-state index in [2.05, 4.69) is 91.0 Å². The molecule has 0 N–H and O–H groups in total. The lowest BCUT2D eigenvalue weighted by Crippen LogP contribution is -2.00. The van der Waals surface area contributed by atoms with E-state index < -0.39 is 0 Å². The van der Waals surface area contributed by atoms with Gasteiger partial charge in [-0.05, 0) is 29.3 Å². The minimum absolute atomic E-state index is 0.665. The van der Waals surface area contributed by atoms with Gasteiger partial charge in [0.15, 0.2) is 17.5 Å². The van der Waals surface area contributed by atoms with E-state index in [0.717, 1.165) is 27.8 Å². The maximum Gasteiger partial charge on any atom is 0.164 e. The van der Waals surface area contributed by atoms with Gasteiger partial charge in [0, 0.05) is 36.9 Å². The predicted octanol–water partition coefficient (Wildman–Crippen LogP) is 8.91. The van der Waals surface area contributed by atoms with Crippen molar-refractivity contribution in [3.05, 3.63) is 127 Å². The summed E-state index contributed by atoms with van der Waals surface area (Å²) in [5.41, 5.74) is 5.25. The van der Waals surface area contributed by atoms with E-state index in [-0.39, 0.29) is 0 Å². The van der Waals surface area contributed by atoms with E-state index >= 15 is 0 Å². The number of thiophene rings is 1. The molecule has 0 unspecified atom stereocenters. The van der Waals surface area contributed by atoms with Crippen molar-refractivity contribution in [2.75, 3.05) is 0 Å². The monoisotopic (exact) mass is 491 g/mol. The number of aromatic nitrogens is 3. The summed E-state index contributed by atoms with van der Waals surface area (Å²) in [5.74, 6) is 2.02. The number of hydrogen-bond donors (Lipinski definition) is 0. The second kappa shape index (κ2) is 9.08. The van der Waals surface area contributed by atoms with Gasteiger partial charge >= 0.3 is 0 Å². The van der Waals surface area contributed by atoms with Crippen LogP contribution in [-0.2, 0) is 0 Å². The van der Waals surface area contributed by atoms with Gasteiger partial charge in [0.2, 0.25) is 0 Å². The Balaban J connectivity index is 1.47. The molecule has 0 spiro atoms. The molecule has 174 valence electrons. The summed E-state index contributed by atoms with van der Waals surface area (Å²) in [4.78, 5) is 15.0. The van der Waals surface area contributed by atoms with Crippen LogP contribution in [0.3, 0.4) is 0 Å². The van der Waals surface area contributed by atoms with Crippen LogP contribution >= 0.6 is 11.3 Å². The summed E-state index contributed by atoms with van der Waals surface area (Å²) in [6, 6.07) is 43.9. The van der Waals surface area contributed by atoms with Crippen LogP contribution in [0.4, 0.5) is 0 Å². The summed E-state index contributed by atoms with van der Waals surface area (Å²) < 4.78 is 2.49. The van der Waals surface area contributed by atoms with E-state index in [0.29, 0.717) is 17.5 Å². The van der Waals surface area contributed by atoms with Crippen molar-refractivity contribution in [3.63, 3.8) is 0 Å². The van der Waals surface area contributed by atoms with Crippen molar-refractivity contribution in [1.82, 2.24) is 15.0 Å². The smallest absolute Gasteiger partial charge is 0.164 e. The van der Waals surface area contributed by atoms with Gasteiger partial charge in [-0.2, -0.15) is 0 Å². The largest absolute Gasteiger partial charge is 0.208 e. The van der Waals surface area contributed by atoms with Crippen molar-refractivity contribution in [2.24, 2.45) is 0 Å². The van der Waals surface area contributed by atoms with Crippen LogP contribution in [0.1, 0.15) is 0 Å². The van der Waals surface area contributed by atoms with Gasteiger partial charge in [0.25, 0.3) is 0 Å². The molecule has 0 radical (unpaired) electrons. The molecule has 0 saturated heterocycles. The number of rotatable bonds is 4. The van der Waals surface area contributed by atoms with Gasteiger partial charge in [-0.1, -0.05) is 109 Å². The Hall–Kier alpha value is -4.67. The maximum absolute atomic E-state index is 5.05. The van der Waals surface area contributed by atoms with Crippen LogP contribution in [0.2, 0.25) is 0 Å². The molecule has 0 aliphatic rings. The Kier molecular flexibility index (Phi) is 5.30. The number of fused-ring (bicyclic) bond motifs is 3. The molecule has 0 amide bonds. The minimum atomic E-state index is 0.665. The molecule has 3 nitrogen and oxygen atoms in total. The Morgan fingerprint density at radius 2 is 0.973 bits per heavy atom. The molecule has 0 fully saturated rings. The highest BCUT2D eigenvalue weighted by molar-refractivity contribution is 7.25. The molecule has 2 heterocycles. The standard InChI is InChI=1S/C33H21N3S/c1-3-11-22(12-4-1)24-15-9-16-25(21-24)32-34-31(23-13-5-2-6-14-23)35-33(36-32)27-18-10-20-29-30(27)26-17-7-8-19-28(26)37-29/h1-21H. The third-order valence-electron chi connectivity index (χ3n) is 6.54. The predicted molar refractivity (Wildman–Crippen MR) is 154 cm³/mol. The first kappa shape index (κ1) is 21.6. The molecule has 7 rings (SSSR count). The highest BCUT2D eigenvalue weighted by Crippen LogP contribution is 2.39. The first-order valence-electron chi connectivity index (χ1n) is 12.2. The molecule has 5 aromatic carbocycles. The molecular formula is C33H21N3S. The fraction of sp³-hybridized carbons (Fsp3) is 0. The molecule has 37 heavy (non-hydrogen) atoms. The molecule has 0 aliphatic heterocycles. The van der Waals surface area contributed by atoms with Gasteiger partial charge in [0.05, 0.1) is 0 Å². The van der Waals surface area contributed by atoms with Crippen LogP contribution in [0.5, 0.6) is 0 Å². The van der Waals surface area contributed by atoms with E-state index in [1.54, 1.807) is 11.3 Å². The SMILES string of the molecule is c1ccc(-c2cccc(-c3nc(-c4ccccc4)nc(-c4cccc5sc6ccccc6c45)n3)c2)cc1. The van der Waals surface area contributed by atoms with Crippen LogP contribution < -0.4 is 0 Å². The quantitative estimate of drug-likeness (QED) is 0.247. The topological polar surface area (TPSA) is 38.7 Å². The van der Waals surface area contributed by atoms with E-state index in [4.69, 9.17) is 15.0 Å². The fourth-order valence-electron chi connectivity index (χ4n) is 4.77. The van der Waals surface area contributed by atoms with Crippen molar-refractivity contribution in [3.8, 4) is 45.3 Å². The molecular weight excluding hydrogens is 470 g/mol.